The second kappa shape index (κ2) is 19.5. The molecule has 72 heavy (non-hydrogen) atoms. The molecule has 0 aliphatic carbocycles. The number of fused-ring (bicyclic) bond motifs is 16. The second-order valence-electron chi connectivity index (χ2n) is 17.6. The molecule has 2 N–H and O–H groups in total. The Hall–Kier alpha value is -7.05. The number of halogens is 3. The molecule has 12 aromatic carbocycles. The second-order valence-corrected chi connectivity index (χ2v) is 20.6. The molecule has 0 aliphatic rings. The molecule has 0 aliphatic heterocycles. The molecule has 0 saturated heterocycles. The highest BCUT2D eigenvalue weighted by atomic mass is 127. The molecular formula is C64H40BBr2IO4. The van der Waals surface area contributed by atoms with Gasteiger partial charge in [-0.25, -0.2) is 0 Å². The largest absolute Gasteiger partial charge is 0.492 e. The lowest BCUT2D eigenvalue weighted by Crippen LogP contribution is -2.29. The summed E-state index contributed by atoms with van der Waals surface area (Å²) in [5, 5.41) is 32.9. The van der Waals surface area contributed by atoms with Gasteiger partial charge >= 0.3 is 7.12 Å². The summed E-state index contributed by atoms with van der Waals surface area (Å²) in [5.74, 6) is 0. The molecule has 14 rings (SSSR count). The number of furan rings is 2. The van der Waals surface area contributed by atoms with Crippen LogP contribution in [0.4, 0.5) is 0 Å². The molecule has 2 heterocycles. The van der Waals surface area contributed by atoms with Crippen LogP contribution in [0.25, 0.3) is 120 Å². The van der Waals surface area contributed by atoms with E-state index in [1.807, 2.05) is 54.6 Å². The first kappa shape index (κ1) is 46.1. The van der Waals surface area contributed by atoms with Gasteiger partial charge in [0.2, 0.25) is 0 Å². The van der Waals surface area contributed by atoms with Gasteiger partial charge in [-0.15, -0.1) is 0 Å². The predicted molar refractivity (Wildman–Crippen MR) is 318 cm³/mol. The Morgan fingerprint density at radius 2 is 0.681 bits per heavy atom. The maximum atomic E-state index is 9.67. The quantitative estimate of drug-likeness (QED) is 0.105. The smallest absolute Gasteiger partial charge is 0.456 e. The Kier molecular flexibility index (Phi) is 12.5. The van der Waals surface area contributed by atoms with Crippen LogP contribution >= 0.6 is 54.5 Å². The molecule has 0 unspecified atom stereocenters. The molecule has 0 fully saturated rings. The van der Waals surface area contributed by atoms with E-state index in [1.165, 1.54) is 52.8 Å². The van der Waals surface area contributed by atoms with Crippen molar-refractivity contribution in [1.29, 1.82) is 0 Å². The lowest BCUT2D eigenvalue weighted by Gasteiger charge is -2.08. The zero-order valence-corrected chi connectivity index (χ0v) is 43.7. The van der Waals surface area contributed by atoms with Crippen molar-refractivity contribution >= 4 is 154 Å². The van der Waals surface area contributed by atoms with Crippen LogP contribution in [0, 0.1) is 3.57 Å². The van der Waals surface area contributed by atoms with Crippen LogP contribution in [0.5, 0.6) is 0 Å². The summed E-state index contributed by atoms with van der Waals surface area (Å²) in [6.45, 7) is 0. The average Bonchev–Trinajstić information content (AvgIpc) is 4.02. The molecule has 344 valence electrons. The van der Waals surface area contributed by atoms with Crippen molar-refractivity contribution in [3.05, 3.63) is 243 Å². The zero-order valence-electron chi connectivity index (χ0n) is 38.4. The highest BCUT2D eigenvalue weighted by Gasteiger charge is 2.22. The minimum absolute atomic E-state index is 0.386. The number of rotatable bonds is 4. The van der Waals surface area contributed by atoms with Gasteiger partial charge in [-0.05, 0) is 113 Å². The minimum Gasteiger partial charge on any atom is -0.456 e. The first-order valence-corrected chi connectivity index (χ1v) is 26.2. The van der Waals surface area contributed by atoms with Crippen LogP contribution in [-0.2, 0) is 0 Å². The molecule has 14 aromatic rings. The maximum absolute atomic E-state index is 9.67. The third-order valence-corrected chi connectivity index (χ3v) is 15.5. The summed E-state index contributed by atoms with van der Waals surface area (Å²) in [4.78, 5) is 0. The van der Waals surface area contributed by atoms with Crippen LogP contribution < -0.4 is 5.46 Å². The number of para-hydroxylation sites is 2. The summed E-state index contributed by atoms with van der Waals surface area (Å²) < 4.78 is 16.4. The Balaban J connectivity index is 0.000000121. The first-order valence-electron chi connectivity index (χ1n) is 23.5. The lowest BCUT2D eigenvalue weighted by molar-refractivity contribution is 0.425. The monoisotopic (exact) mass is 1170 g/mol. The van der Waals surface area contributed by atoms with E-state index in [4.69, 9.17) is 8.83 Å². The van der Waals surface area contributed by atoms with E-state index < -0.39 is 7.12 Å². The molecule has 0 saturated carbocycles. The summed E-state index contributed by atoms with van der Waals surface area (Å²) in [5.41, 5.74) is 10.7. The van der Waals surface area contributed by atoms with E-state index in [9.17, 15) is 10.0 Å². The predicted octanol–water partition coefficient (Wildman–Crippen LogP) is 18.3. The Morgan fingerprint density at radius 1 is 0.319 bits per heavy atom. The lowest BCUT2D eigenvalue weighted by atomic mass is 9.79. The van der Waals surface area contributed by atoms with Crippen molar-refractivity contribution in [3.8, 4) is 33.4 Å². The fourth-order valence-electron chi connectivity index (χ4n) is 10.2. The molecule has 4 nitrogen and oxygen atoms in total. The van der Waals surface area contributed by atoms with Crippen molar-refractivity contribution in [3.63, 3.8) is 0 Å². The highest BCUT2D eigenvalue weighted by molar-refractivity contribution is 14.1. The van der Waals surface area contributed by atoms with Gasteiger partial charge in [-0.1, -0.05) is 232 Å². The summed E-state index contributed by atoms with van der Waals surface area (Å²) in [6.07, 6.45) is 0. The number of benzene rings is 12. The van der Waals surface area contributed by atoms with Gasteiger partial charge in [0.05, 0.1) is 0 Å². The molecule has 8 heteroatoms. The van der Waals surface area contributed by atoms with E-state index in [2.05, 4.69) is 224 Å². The first-order chi connectivity index (χ1) is 35.3. The van der Waals surface area contributed by atoms with Gasteiger partial charge in [0.15, 0.2) is 0 Å². The van der Waals surface area contributed by atoms with Crippen molar-refractivity contribution in [2.45, 2.75) is 0 Å². The fourth-order valence-corrected chi connectivity index (χ4v) is 11.8. The SMILES string of the molecule is Brc1ccccc1-c1cccc(-c2cccc3c2oc2c4ccccc4c4ccccc4c32)c1.Brc1ccccc1-c1cccc(I)c1.OB(O)c1cccc2c1oc1c3ccccc3c3ccccc3c21. The van der Waals surface area contributed by atoms with E-state index in [0.29, 0.717) is 11.0 Å². The standard InChI is InChI=1S/C32H19BrO.C20H13BO3.C12H8BrI/c33-29-18-6-5-11-22(29)20-9-7-10-21(19-20)23-16-8-17-28-30-26-14-3-1-12-24(26)25-13-2-4-15-27(25)32(30)34-31(23)28;22-21(23)17-11-5-10-16-18-14-8-3-1-6-12(14)13-7-2-4-9-15(13)20(18)24-19(16)17;13-12-7-2-1-6-11(12)9-4-3-5-10(14)8-9/h1-19H;1-11,22-23H;1-8H. The molecule has 0 amide bonds. The van der Waals surface area contributed by atoms with Crippen molar-refractivity contribution in [1.82, 2.24) is 0 Å². The highest BCUT2D eigenvalue weighted by Crippen LogP contribution is 2.45. The molecule has 2 aromatic heterocycles. The molecule has 0 spiro atoms. The van der Waals surface area contributed by atoms with Crippen LogP contribution in [0.1, 0.15) is 0 Å². The van der Waals surface area contributed by atoms with Crippen molar-refractivity contribution in [2.75, 3.05) is 0 Å². The third-order valence-electron chi connectivity index (χ3n) is 13.4. The zero-order chi connectivity index (χ0) is 48.9. The summed E-state index contributed by atoms with van der Waals surface area (Å²) in [7, 11) is -1.56. The normalized spacial score (nSPS) is 11.4. The molecule has 0 bridgehead atoms. The molecule has 0 radical (unpaired) electrons. The fraction of sp³-hybridized carbons (Fsp3) is 0. The molecule has 0 atom stereocenters. The van der Waals surface area contributed by atoms with Crippen LogP contribution in [0.15, 0.2) is 248 Å². The van der Waals surface area contributed by atoms with Gasteiger partial charge < -0.3 is 18.9 Å². The van der Waals surface area contributed by atoms with E-state index >= 15 is 0 Å². The van der Waals surface area contributed by atoms with Gasteiger partial charge in [0.1, 0.15) is 22.3 Å². The van der Waals surface area contributed by atoms with Gasteiger partial charge in [-0.3, -0.25) is 0 Å². The average molecular weight is 1170 g/mol. The topological polar surface area (TPSA) is 66.7 Å². The Bertz CT molecular complexity index is 4390. The summed E-state index contributed by atoms with van der Waals surface area (Å²) >= 11 is 9.59. The van der Waals surface area contributed by atoms with E-state index in [0.717, 1.165) is 74.5 Å². The number of hydrogen-bond donors (Lipinski definition) is 2. The van der Waals surface area contributed by atoms with Gasteiger partial charge in [0.25, 0.3) is 0 Å². The Morgan fingerprint density at radius 3 is 1.19 bits per heavy atom. The van der Waals surface area contributed by atoms with Crippen molar-refractivity contribution < 1.29 is 18.9 Å². The van der Waals surface area contributed by atoms with E-state index in [-0.39, 0.29) is 0 Å². The number of hydrogen-bond acceptors (Lipinski definition) is 4. The van der Waals surface area contributed by atoms with Crippen LogP contribution in [0.3, 0.4) is 0 Å². The maximum Gasteiger partial charge on any atom is 0.492 e. The Labute approximate surface area is 445 Å². The van der Waals surface area contributed by atoms with E-state index in [1.54, 1.807) is 6.07 Å². The third kappa shape index (κ3) is 8.27. The van der Waals surface area contributed by atoms with Crippen LogP contribution in [0.2, 0.25) is 0 Å². The van der Waals surface area contributed by atoms with Crippen LogP contribution in [-0.4, -0.2) is 17.2 Å². The molecular weight excluding hydrogens is 1130 g/mol. The summed E-state index contributed by atoms with van der Waals surface area (Å²) in [6, 6.07) is 79.3. The van der Waals surface area contributed by atoms with Gasteiger partial charge in [-0.2, -0.15) is 0 Å². The van der Waals surface area contributed by atoms with Crippen molar-refractivity contribution in [2.24, 2.45) is 0 Å². The van der Waals surface area contributed by atoms with Gasteiger partial charge in [0, 0.05) is 55.9 Å². The minimum atomic E-state index is -1.56.